The van der Waals surface area contributed by atoms with E-state index in [2.05, 4.69) is 29.2 Å². The van der Waals surface area contributed by atoms with Crippen LogP contribution in [0.25, 0.3) is 11.3 Å². The first-order valence-electron chi connectivity index (χ1n) is 8.53. The third kappa shape index (κ3) is 4.60. The number of carbonyl (C=O) groups excluding carboxylic acids is 1. The summed E-state index contributed by atoms with van der Waals surface area (Å²) in [6, 6.07) is 14.5. The second-order valence-electron chi connectivity index (χ2n) is 6.38. The Morgan fingerprint density at radius 2 is 1.85 bits per heavy atom. The van der Waals surface area contributed by atoms with Crippen LogP contribution in [-0.4, -0.2) is 20.7 Å². The standard InChI is InChI=1S/C20H19ClN4O2/c1-13(2)16-5-3-4-6-17(16)23-19(26)12-25-20(27)24-18(11-22-25)14-7-9-15(21)10-8-14/h3-11,13H,12H2,1-2H3,(H,23,26). The summed E-state index contributed by atoms with van der Waals surface area (Å²) in [6.45, 7) is 3.89. The maximum absolute atomic E-state index is 12.3. The van der Waals surface area contributed by atoms with E-state index < -0.39 is 5.69 Å². The second-order valence-corrected chi connectivity index (χ2v) is 6.82. The zero-order valence-corrected chi connectivity index (χ0v) is 15.8. The number of amides is 1. The summed E-state index contributed by atoms with van der Waals surface area (Å²) in [5.41, 5.74) is 2.33. The SMILES string of the molecule is CC(C)c1ccccc1NC(=O)Cn1ncc(-c2ccc(Cl)cc2)nc1=O. The summed E-state index contributed by atoms with van der Waals surface area (Å²) in [6.07, 6.45) is 1.46. The van der Waals surface area contributed by atoms with Gasteiger partial charge in [-0.25, -0.2) is 9.48 Å². The summed E-state index contributed by atoms with van der Waals surface area (Å²) in [5.74, 6) is -0.0681. The first kappa shape index (κ1) is 18.8. The van der Waals surface area contributed by atoms with Crippen LogP contribution in [0.5, 0.6) is 0 Å². The predicted octanol–water partition coefficient (Wildman–Crippen LogP) is 3.72. The molecule has 0 spiro atoms. The average molecular weight is 383 g/mol. The normalized spacial score (nSPS) is 10.8. The third-order valence-corrected chi connectivity index (χ3v) is 4.30. The molecule has 0 fully saturated rings. The van der Waals surface area contributed by atoms with Gasteiger partial charge >= 0.3 is 5.69 Å². The highest BCUT2D eigenvalue weighted by Gasteiger charge is 2.12. The summed E-state index contributed by atoms with van der Waals surface area (Å²) in [4.78, 5) is 28.6. The first-order valence-corrected chi connectivity index (χ1v) is 8.90. The van der Waals surface area contributed by atoms with Gasteiger partial charge in [-0.15, -0.1) is 0 Å². The van der Waals surface area contributed by atoms with Crippen molar-refractivity contribution in [1.82, 2.24) is 14.8 Å². The average Bonchev–Trinajstić information content (AvgIpc) is 2.64. The minimum atomic E-state index is -0.588. The molecule has 0 radical (unpaired) electrons. The molecule has 27 heavy (non-hydrogen) atoms. The van der Waals surface area contributed by atoms with Gasteiger partial charge in [0.25, 0.3) is 0 Å². The van der Waals surface area contributed by atoms with Crippen molar-refractivity contribution in [2.24, 2.45) is 0 Å². The van der Waals surface area contributed by atoms with Crippen LogP contribution in [0.3, 0.4) is 0 Å². The monoisotopic (exact) mass is 382 g/mol. The van der Waals surface area contributed by atoms with Crippen molar-refractivity contribution in [3.8, 4) is 11.3 Å². The highest BCUT2D eigenvalue weighted by atomic mass is 35.5. The van der Waals surface area contributed by atoms with Crippen molar-refractivity contribution < 1.29 is 4.79 Å². The quantitative estimate of drug-likeness (QED) is 0.729. The minimum Gasteiger partial charge on any atom is -0.324 e. The van der Waals surface area contributed by atoms with Crippen LogP contribution in [-0.2, 0) is 11.3 Å². The Balaban J connectivity index is 1.75. The molecule has 1 amide bonds. The lowest BCUT2D eigenvalue weighted by atomic mass is 10.0. The zero-order chi connectivity index (χ0) is 19.4. The van der Waals surface area contributed by atoms with E-state index in [0.717, 1.165) is 21.5 Å². The van der Waals surface area contributed by atoms with Gasteiger partial charge in [-0.1, -0.05) is 55.8 Å². The maximum Gasteiger partial charge on any atom is 0.365 e. The lowest BCUT2D eigenvalue weighted by Gasteiger charge is -2.13. The van der Waals surface area contributed by atoms with E-state index in [1.165, 1.54) is 6.20 Å². The molecule has 0 aliphatic carbocycles. The molecule has 3 aromatic rings. The number of hydrogen-bond donors (Lipinski definition) is 1. The maximum atomic E-state index is 12.3. The molecule has 1 aromatic heterocycles. The molecule has 0 unspecified atom stereocenters. The van der Waals surface area contributed by atoms with Crippen molar-refractivity contribution in [2.45, 2.75) is 26.3 Å². The zero-order valence-electron chi connectivity index (χ0n) is 15.0. The molecule has 2 aromatic carbocycles. The number of nitrogens with zero attached hydrogens (tertiary/aromatic N) is 3. The van der Waals surface area contributed by atoms with E-state index >= 15 is 0 Å². The lowest BCUT2D eigenvalue weighted by Crippen LogP contribution is -2.31. The number of para-hydroxylation sites is 1. The number of nitrogens with one attached hydrogen (secondary N) is 1. The molecule has 138 valence electrons. The lowest BCUT2D eigenvalue weighted by molar-refractivity contribution is -0.117. The Kier molecular flexibility index (Phi) is 5.66. The van der Waals surface area contributed by atoms with Gasteiger partial charge in [0.2, 0.25) is 5.91 Å². The van der Waals surface area contributed by atoms with Crippen molar-refractivity contribution >= 4 is 23.2 Å². The van der Waals surface area contributed by atoms with Gasteiger partial charge in [-0.3, -0.25) is 4.79 Å². The molecule has 7 heteroatoms. The molecular weight excluding hydrogens is 364 g/mol. The Hall–Kier alpha value is -2.99. The van der Waals surface area contributed by atoms with Crippen molar-refractivity contribution in [3.05, 3.63) is 75.8 Å². The fourth-order valence-electron chi connectivity index (χ4n) is 2.67. The van der Waals surface area contributed by atoms with Gasteiger partial charge in [0.05, 0.1) is 11.9 Å². The number of benzene rings is 2. The van der Waals surface area contributed by atoms with E-state index in [1.54, 1.807) is 24.3 Å². The molecule has 0 atom stereocenters. The van der Waals surface area contributed by atoms with E-state index in [1.807, 2.05) is 24.3 Å². The molecule has 0 saturated heterocycles. The van der Waals surface area contributed by atoms with Crippen molar-refractivity contribution in [1.29, 1.82) is 0 Å². The van der Waals surface area contributed by atoms with Gasteiger partial charge < -0.3 is 5.32 Å². The van der Waals surface area contributed by atoms with E-state index in [-0.39, 0.29) is 18.4 Å². The summed E-state index contributed by atoms with van der Waals surface area (Å²) >= 11 is 5.86. The van der Waals surface area contributed by atoms with Gasteiger partial charge in [0.15, 0.2) is 0 Å². The fourth-order valence-corrected chi connectivity index (χ4v) is 2.80. The molecule has 0 aliphatic rings. The number of hydrogen-bond acceptors (Lipinski definition) is 4. The molecule has 0 aliphatic heterocycles. The number of anilines is 1. The molecular formula is C20H19ClN4O2. The number of aromatic nitrogens is 3. The minimum absolute atomic E-state index is 0.209. The smallest absolute Gasteiger partial charge is 0.324 e. The van der Waals surface area contributed by atoms with Crippen LogP contribution in [0.2, 0.25) is 5.02 Å². The van der Waals surface area contributed by atoms with Crippen LogP contribution >= 0.6 is 11.6 Å². The number of halogens is 1. The molecule has 0 bridgehead atoms. The van der Waals surface area contributed by atoms with Crippen LogP contribution in [0.4, 0.5) is 5.69 Å². The molecule has 0 saturated carbocycles. The predicted molar refractivity (Wildman–Crippen MR) is 106 cm³/mol. The third-order valence-electron chi connectivity index (χ3n) is 4.05. The van der Waals surface area contributed by atoms with Gasteiger partial charge in [0, 0.05) is 16.3 Å². The molecule has 1 N–H and O–H groups in total. The van der Waals surface area contributed by atoms with E-state index in [0.29, 0.717) is 10.7 Å². The first-order chi connectivity index (χ1) is 12.9. The Labute approximate surface area is 161 Å². The summed E-state index contributed by atoms with van der Waals surface area (Å²) in [5, 5.41) is 7.50. The van der Waals surface area contributed by atoms with Gasteiger partial charge in [-0.2, -0.15) is 10.1 Å². The number of rotatable bonds is 5. The van der Waals surface area contributed by atoms with Gasteiger partial charge in [0.1, 0.15) is 6.54 Å². The molecule has 1 heterocycles. The van der Waals surface area contributed by atoms with Crippen LogP contribution < -0.4 is 11.0 Å². The largest absolute Gasteiger partial charge is 0.365 e. The summed E-state index contributed by atoms with van der Waals surface area (Å²) in [7, 11) is 0. The van der Waals surface area contributed by atoms with Crippen molar-refractivity contribution in [2.75, 3.05) is 5.32 Å². The van der Waals surface area contributed by atoms with E-state index in [4.69, 9.17) is 11.6 Å². The van der Waals surface area contributed by atoms with Crippen LogP contribution in [0.15, 0.2) is 59.5 Å². The summed E-state index contributed by atoms with van der Waals surface area (Å²) < 4.78 is 1.03. The van der Waals surface area contributed by atoms with Gasteiger partial charge in [-0.05, 0) is 29.7 Å². The fraction of sp³-hybridized carbons (Fsp3) is 0.200. The molecule has 6 nitrogen and oxygen atoms in total. The van der Waals surface area contributed by atoms with Crippen molar-refractivity contribution in [3.63, 3.8) is 0 Å². The Bertz CT molecular complexity index is 1010. The van der Waals surface area contributed by atoms with Crippen LogP contribution in [0, 0.1) is 0 Å². The Morgan fingerprint density at radius 1 is 1.15 bits per heavy atom. The highest BCUT2D eigenvalue weighted by Crippen LogP contribution is 2.23. The Morgan fingerprint density at radius 3 is 2.52 bits per heavy atom. The van der Waals surface area contributed by atoms with Crippen LogP contribution in [0.1, 0.15) is 25.3 Å². The topological polar surface area (TPSA) is 76.9 Å². The number of carbonyl (C=O) groups is 1. The highest BCUT2D eigenvalue weighted by molar-refractivity contribution is 6.30. The second kappa shape index (κ2) is 8.14. The van der Waals surface area contributed by atoms with E-state index in [9.17, 15) is 9.59 Å². The molecule has 3 rings (SSSR count).